The summed E-state index contributed by atoms with van der Waals surface area (Å²) in [5.41, 5.74) is -0.517. The number of nitrogens with zero attached hydrogens (tertiary/aromatic N) is 1. The molecule has 0 amide bonds. The van der Waals surface area contributed by atoms with Gasteiger partial charge in [0.05, 0.1) is 0 Å². The van der Waals surface area contributed by atoms with E-state index in [9.17, 15) is 17.6 Å². The van der Waals surface area contributed by atoms with Crippen molar-refractivity contribution in [2.45, 2.75) is 18.9 Å². The van der Waals surface area contributed by atoms with Crippen molar-refractivity contribution < 1.29 is 17.6 Å². The number of allylic oxidation sites excluding steroid dienone is 1. The van der Waals surface area contributed by atoms with Crippen molar-refractivity contribution in [3.8, 4) is 0 Å². The van der Waals surface area contributed by atoms with Gasteiger partial charge >= 0.3 is 0 Å². The van der Waals surface area contributed by atoms with Crippen LogP contribution in [0.15, 0.2) is 18.7 Å². The van der Waals surface area contributed by atoms with Crippen LogP contribution in [0.2, 0.25) is 0 Å². The van der Waals surface area contributed by atoms with Gasteiger partial charge in [0.15, 0.2) is 23.3 Å². The smallest absolute Gasteiger partial charge is 0.166 e. The van der Waals surface area contributed by atoms with Crippen molar-refractivity contribution in [3.63, 3.8) is 0 Å². The maximum Gasteiger partial charge on any atom is 0.166 e. The van der Waals surface area contributed by atoms with E-state index >= 15 is 0 Å². The molecule has 0 radical (unpaired) electrons. The number of piperazine rings is 1. The van der Waals surface area contributed by atoms with Gasteiger partial charge in [0.2, 0.25) is 0 Å². The van der Waals surface area contributed by atoms with Crippen LogP contribution in [-0.2, 0) is 0 Å². The van der Waals surface area contributed by atoms with Gasteiger partial charge in [-0.1, -0.05) is 6.08 Å². The van der Waals surface area contributed by atoms with Crippen LogP contribution < -0.4 is 5.32 Å². The molecule has 1 heterocycles. The Morgan fingerprint density at radius 3 is 2.24 bits per heavy atom. The molecule has 1 fully saturated rings. The first kappa shape index (κ1) is 16.0. The molecule has 1 aliphatic rings. The van der Waals surface area contributed by atoms with E-state index in [-0.39, 0.29) is 6.07 Å². The highest BCUT2D eigenvalue weighted by molar-refractivity contribution is 5.26. The fourth-order valence-electron chi connectivity index (χ4n) is 2.66. The Kier molecular flexibility index (Phi) is 5.36. The summed E-state index contributed by atoms with van der Waals surface area (Å²) in [6.45, 7) is 6.07. The molecule has 0 spiro atoms. The van der Waals surface area contributed by atoms with Crippen LogP contribution in [0.1, 0.15) is 24.4 Å². The molecule has 0 unspecified atom stereocenters. The SMILES string of the molecule is C=CCC[C@H](c1c(F)c(F)cc(F)c1F)N1CCNCC1. The van der Waals surface area contributed by atoms with Gasteiger partial charge in [-0.2, -0.15) is 0 Å². The quantitative estimate of drug-likeness (QED) is 0.511. The van der Waals surface area contributed by atoms with E-state index in [1.165, 1.54) is 0 Å². The van der Waals surface area contributed by atoms with E-state index in [0.717, 1.165) is 0 Å². The van der Waals surface area contributed by atoms with Crippen molar-refractivity contribution >= 4 is 0 Å². The first-order valence-electron chi connectivity index (χ1n) is 6.94. The van der Waals surface area contributed by atoms with E-state index in [4.69, 9.17) is 0 Å². The highest BCUT2D eigenvalue weighted by Gasteiger charge is 2.30. The molecule has 1 N–H and O–H groups in total. The maximum atomic E-state index is 14.0. The normalized spacial score (nSPS) is 17.7. The van der Waals surface area contributed by atoms with E-state index < -0.39 is 34.9 Å². The molecule has 1 aromatic carbocycles. The molecule has 1 aliphatic heterocycles. The summed E-state index contributed by atoms with van der Waals surface area (Å²) in [6.07, 6.45) is 2.49. The van der Waals surface area contributed by atoms with Crippen LogP contribution >= 0.6 is 0 Å². The second kappa shape index (κ2) is 7.04. The predicted molar refractivity (Wildman–Crippen MR) is 72.9 cm³/mol. The summed E-state index contributed by atoms with van der Waals surface area (Å²) >= 11 is 0. The minimum Gasteiger partial charge on any atom is -0.314 e. The number of hydrogen-bond acceptors (Lipinski definition) is 2. The topological polar surface area (TPSA) is 15.3 Å². The second-order valence-corrected chi connectivity index (χ2v) is 5.05. The van der Waals surface area contributed by atoms with E-state index in [2.05, 4.69) is 11.9 Å². The Labute approximate surface area is 121 Å². The lowest BCUT2D eigenvalue weighted by atomic mass is 9.97. The Morgan fingerprint density at radius 1 is 1.14 bits per heavy atom. The number of rotatable bonds is 5. The van der Waals surface area contributed by atoms with Crippen molar-refractivity contribution in [2.75, 3.05) is 26.2 Å². The number of hydrogen-bond donors (Lipinski definition) is 1. The zero-order valence-electron chi connectivity index (χ0n) is 11.6. The molecule has 2 rings (SSSR count). The molecule has 21 heavy (non-hydrogen) atoms. The van der Waals surface area contributed by atoms with Crippen LogP contribution in [0.3, 0.4) is 0 Å². The summed E-state index contributed by atoms with van der Waals surface area (Å²) in [7, 11) is 0. The van der Waals surface area contributed by atoms with Crippen LogP contribution in [0.4, 0.5) is 17.6 Å². The first-order valence-corrected chi connectivity index (χ1v) is 6.94. The van der Waals surface area contributed by atoms with E-state index in [1.807, 2.05) is 4.90 Å². The monoisotopic (exact) mass is 302 g/mol. The lowest BCUT2D eigenvalue weighted by Gasteiger charge is -2.35. The Morgan fingerprint density at radius 2 is 1.71 bits per heavy atom. The van der Waals surface area contributed by atoms with E-state index in [0.29, 0.717) is 39.0 Å². The van der Waals surface area contributed by atoms with Gasteiger partial charge in [-0.15, -0.1) is 6.58 Å². The average Bonchev–Trinajstić information content (AvgIpc) is 2.49. The van der Waals surface area contributed by atoms with Crippen molar-refractivity contribution in [1.29, 1.82) is 0 Å². The van der Waals surface area contributed by atoms with Crippen molar-refractivity contribution in [3.05, 3.63) is 47.6 Å². The lowest BCUT2D eigenvalue weighted by molar-refractivity contribution is 0.157. The van der Waals surface area contributed by atoms with Gasteiger partial charge in [-0.3, -0.25) is 4.90 Å². The fraction of sp³-hybridized carbons (Fsp3) is 0.467. The molecule has 0 saturated carbocycles. The third kappa shape index (κ3) is 3.44. The molecule has 0 aromatic heterocycles. The number of benzene rings is 1. The third-order valence-corrected chi connectivity index (χ3v) is 3.72. The van der Waals surface area contributed by atoms with Crippen LogP contribution in [-0.4, -0.2) is 31.1 Å². The van der Waals surface area contributed by atoms with Gasteiger partial charge in [-0.05, 0) is 12.8 Å². The molecule has 1 saturated heterocycles. The molecule has 116 valence electrons. The zero-order valence-corrected chi connectivity index (χ0v) is 11.6. The summed E-state index contributed by atoms with van der Waals surface area (Å²) in [5, 5.41) is 3.13. The zero-order chi connectivity index (χ0) is 15.4. The molecule has 2 nitrogen and oxygen atoms in total. The van der Waals surface area contributed by atoms with Crippen molar-refractivity contribution in [1.82, 2.24) is 10.2 Å². The minimum atomic E-state index is -1.36. The van der Waals surface area contributed by atoms with E-state index in [1.54, 1.807) is 6.08 Å². The lowest BCUT2D eigenvalue weighted by Crippen LogP contribution is -2.45. The Bertz CT molecular complexity index is 487. The fourth-order valence-corrected chi connectivity index (χ4v) is 2.66. The van der Waals surface area contributed by atoms with Crippen LogP contribution in [0.25, 0.3) is 0 Å². The number of nitrogens with one attached hydrogen (secondary N) is 1. The van der Waals surface area contributed by atoms with Crippen LogP contribution in [0, 0.1) is 23.3 Å². The van der Waals surface area contributed by atoms with Crippen LogP contribution in [0.5, 0.6) is 0 Å². The largest absolute Gasteiger partial charge is 0.314 e. The van der Waals surface area contributed by atoms with Crippen molar-refractivity contribution in [2.24, 2.45) is 0 Å². The average molecular weight is 302 g/mol. The van der Waals surface area contributed by atoms with Gasteiger partial charge in [0.25, 0.3) is 0 Å². The van der Waals surface area contributed by atoms with Gasteiger partial charge in [-0.25, -0.2) is 17.6 Å². The summed E-state index contributed by atoms with van der Waals surface area (Å²) in [5.74, 6) is -5.33. The standard InChI is InChI=1S/C15H18F4N2/c1-2-3-4-12(21-7-5-20-6-8-21)13-14(18)10(16)9-11(17)15(13)19/h2,9,12,20H,1,3-8H2/t12-/m1/s1. The van der Waals surface area contributed by atoms with Gasteiger partial charge in [0, 0.05) is 43.9 Å². The second-order valence-electron chi connectivity index (χ2n) is 5.05. The molecule has 0 bridgehead atoms. The minimum absolute atomic E-state index is 0.247. The maximum absolute atomic E-state index is 14.0. The highest BCUT2D eigenvalue weighted by atomic mass is 19.2. The summed E-state index contributed by atoms with van der Waals surface area (Å²) in [4.78, 5) is 1.85. The molecular formula is C15H18F4N2. The molecule has 0 aliphatic carbocycles. The highest BCUT2D eigenvalue weighted by Crippen LogP contribution is 2.32. The molecular weight excluding hydrogens is 284 g/mol. The Balaban J connectivity index is 2.42. The molecule has 1 atom stereocenters. The third-order valence-electron chi connectivity index (χ3n) is 3.72. The summed E-state index contributed by atoms with van der Waals surface area (Å²) < 4.78 is 54.9. The molecule has 1 aromatic rings. The predicted octanol–water partition coefficient (Wildman–Crippen LogP) is 3.16. The summed E-state index contributed by atoms with van der Waals surface area (Å²) in [6, 6.07) is -0.452. The van der Waals surface area contributed by atoms with Gasteiger partial charge in [0.1, 0.15) is 0 Å². The first-order chi connectivity index (χ1) is 10.1. The number of halogens is 4. The molecule has 6 heteroatoms. The van der Waals surface area contributed by atoms with Gasteiger partial charge < -0.3 is 5.32 Å². The Hall–Kier alpha value is -1.40.